The molecule has 0 saturated heterocycles. The number of benzene rings is 2. The molecule has 1 heterocycles. The summed E-state index contributed by atoms with van der Waals surface area (Å²) in [5.74, 6) is 1.07. The first-order valence-electron chi connectivity index (χ1n) is 7.34. The van der Waals surface area contributed by atoms with E-state index in [1.54, 1.807) is 36.4 Å². The van der Waals surface area contributed by atoms with Crippen LogP contribution in [0.25, 0.3) is 11.4 Å². The minimum absolute atomic E-state index is 0.0974. The van der Waals surface area contributed by atoms with Gasteiger partial charge in [0.25, 0.3) is 5.91 Å². The molecule has 25 heavy (non-hydrogen) atoms. The summed E-state index contributed by atoms with van der Waals surface area (Å²) in [7, 11) is 0. The van der Waals surface area contributed by atoms with Gasteiger partial charge >= 0.3 is 0 Å². The van der Waals surface area contributed by atoms with Crippen LogP contribution < -0.4 is 10.1 Å². The van der Waals surface area contributed by atoms with Crippen LogP contribution >= 0.6 is 27.5 Å². The molecule has 128 valence electrons. The summed E-state index contributed by atoms with van der Waals surface area (Å²) in [6, 6.07) is 14.3. The average Bonchev–Trinajstić information content (AvgIpc) is 3.09. The number of nitrogens with zero attached hydrogens (tertiary/aromatic N) is 2. The van der Waals surface area contributed by atoms with Crippen LogP contribution in [0.5, 0.6) is 5.75 Å². The van der Waals surface area contributed by atoms with E-state index < -0.39 is 0 Å². The number of rotatable bonds is 6. The second kappa shape index (κ2) is 8.13. The molecule has 1 aromatic heterocycles. The van der Waals surface area contributed by atoms with Crippen LogP contribution in [0.15, 0.2) is 57.5 Å². The fourth-order valence-electron chi connectivity index (χ4n) is 1.95. The van der Waals surface area contributed by atoms with Gasteiger partial charge in [0, 0.05) is 15.1 Å². The molecule has 3 rings (SSSR count). The highest BCUT2D eigenvalue weighted by Crippen LogP contribution is 2.18. The second-order valence-corrected chi connectivity index (χ2v) is 6.39. The molecule has 0 atom stereocenters. The van der Waals surface area contributed by atoms with Crippen LogP contribution in [-0.2, 0) is 11.3 Å². The SMILES string of the molecule is O=C(COc1ccc(Br)cc1)NCc1nc(-c2ccc(Cl)cc2)no1. The molecule has 2 aromatic carbocycles. The molecule has 0 bridgehead atoms. The van der Waals surface area contributed by atoms with E-state index in [9.17, 15) is 4.79 Å². The first-order chi connectivity index (χ1) is 12.1. The summed E-state index contributed by atoms with van der Waals surface area (Å²) in [6.45, 7) is 0.0307. The predicted molar refractivity (Wildman–Crippen MR) is 96.2 cm³/mol. The van der Waals surface area contributed by atoms with Crippen molar-refractivity contribution < 1.29 is 14.1 Å². The van der Waals surface area contributed by atoms with Crippen molar-refractivity contribution in [2.24, 2.45) is 0 Å². The van der Waals surface area contributed by atoms with Crippen molar-refractivity contribution in [1.82, 2.24) is 15.5 Å². The topological polar surface area (TPSA) is 77.2 Å². The van der Waals surface area contributed by atoms with Crippen molar-refractivity contribution in [1.29, 1.82) is 0 Å². The quantitative estimate of drug-likeness (QED) is 0.653. The van der Waals surface area contributed by atoms with E-state index in [2.05, 4.69) is 31.4 Å². The Bertz CT molecular complexity index is 850. The molecular weight excluding hydrogens is 410 g/mol. The first-order valence-corrected chi connectivity index (χ1v) is 8.51. The fraction of sp³-hybridized carbons (Fsp3) is 0.118. The van der Waals surface area contributed by atoms with Gasteiger partial charge in [-0.15, -0.1) is 0 Å². The summed E-state index contributed by atoms with van der Waals surface area (Å²) >= 11 is 9.18. The van der Waals surface area contributed by atoms with E-state index in [1.165, 1.54) is 0 Å². The van der Waals surface area contributed by atoms with Gasteiger partial charge < -0.3 is 14.6 Å². The predicted octanol–water partition coefficient (Wildman–Crippen LogP) is 3.85. The van der Waals surface area contributed by atoms with E-state index in [0.29, 0.717) is 22.5 Å². The van der Waals surface area contributed by atoms with E-state index in [1.807, 2.05) is 12.1 Å². The lowest BCUT2D eigenvalue weighted by Gasteiger charge is -2.06. The molecule has 0 aliphatic rings. The number of amides is 1. The Morgan fingerprint density at radius 1 is 1.16 bits per heavy atom. The average molecular weight is 423 g/mol. The molecule has 1 amide bonds. The van der Waals surface area contributed by atoms with Crippen LogP contribution in [-0.4, -0.2) is 22.7 Å². The van der Waals surface area contributed by atoms with Crippen molar-refractivity contribution in [3.63, 3.8) is 0 Å². The van der Waals surface area contributed by atoms with Crippen molar-refractivity contribution >= 4 is 33.4 Å². The van der Waals surface area contributed by atoms with Gasteiger partial charge in [-0.05, 0) is 48.5 Å². The maximum atomic E-state index is 11.8. The van der Waals surface area contributed by atoms with Crippen LogP contribution in [0.4, 0.5) is 0 Å². The zero-order valence-electron chi connectivity index (χ0n) is 12.9. The highest BCUT2D eigenvalue weighted by Gasteiger charge is 2.10. The molecule has 0 spiro atoms. The lowest BCUT2D eigenvalue weighted by molar-refractivity contribution is -0.123. The van der Waals surface area contributed by atoms with E-state index in [0.717, 1.165) is 10.0 Å². The van der Waals surface area contributed by atoms with Crippen molar-refractivity contribution in [2.75, 3.05) is 6.61 Å². The number of nitrogens with one attached hydrogen (secondary N) is 1. The maximum absolute atomic E-state index is 11.8. The minimum Gasteiger partial charge on any atom is -0.484 e. The number of carbonyl (C=O) groups excluding carboxylic acids is 1. The maximum Gasteiger partial charge on any atom is 0.258 e. The summed E-state index contributed by atoms with van der Waals surface area (Å²) in [4.78, 5) is 16.0. The molecule has 0 fully saturated rings. The third-order valence-electron chi connectivity index (χ3n) is 3.19. The molecule has 3 aromatic rings. The van der Waals surface area contributed by atoms with Crippen molar-refractivity contribution in [3.8, 4) is 17.1 Å². The van der Waals surface area contributed by atoms with Crippen molar-refractivity contribution in [2.45, 2.75) is 6.54 Å². The Morgan fingerprint density at radius 2 is 1.88 bits per heavy atom. The molecule has 1 N–H and O–H groups in total. The zero-order valence-corrected chi connectivity index (χ0v) is 15.3. The Labute approximate surface area is 157 Å². The van der Waals surface area contributed by atoms with Gasteiger partial charge in [-0.1, -0.05) is 32.7 Å². The summed E-state index contributed by atoms with van der Waals surface area (Å²) in [5, 5.41) is 7.17. The van der Waals surface area contributed by atoms with Gasteiger partial charge in [0.2, 0.25) is 11.7 Å². The van der Waals surface area contributed by atoms with Crippen LogP contribution in [0.3, 0.4) is 0 Å². The Kier molecular flexibility index (Phi) is 5.67. The smallest absolute Gasteiger partial charge is 0.258 e. The summed E-state index contributed by atoms with van der Waals surface area (Å²) in [5.41, 5.74) is 0.782. The molecule has 8 heteroatoms. The molecular formula is C17H13BrClN3O3. The molecule has 0 radical (unpaired) electrons. The molecule has 0 unspecified atom stereocenters. The van der Waals surface area contributed by atoms with Crippen molar-refractivity contribution in [3.05, 3.63) is 63.9 Å². The summed E-state index contributed by atoms with van der Waals surface area (Å²) < 4.78 is 11.4. The lowest BCUT2D eigenvalue weighted by atomic mass is 10.2. The molecule has 0 aliphatic carbocycles. The van der Waals surface area contributed by atoms with Gasteiger partial charge in [-0.3, -0.25) is 4.79 Å². The Balaban J connectivity index is 1.49. The molecule has 6 nitrogen and oxygen atoms in total. The van der Waals surface area contributed by atoms with Gasteiger partial charge in [-0.2, -0.15) is 4.98 Å². The highest BCUT2D eigenvalue weighted by molar-refractivity contribution is 9.10. The van der Waals surface area contributed by atoms with Crippen LogP contribution in [0.2, 0.25) is 5.02 Å². The number of carbonyl (C=O) groups is 1. The van der Waals surface area contributed by atoms with Crippen LogP contribution in [0, 0.1) is 0 Å². The second-order valence-electron chi connectivity index (χ2n) is 5.04. The molecule has 0 aliphatic heterocycles. The van der Waals surface area contributed by atoms with Gasteiger partial charge in [0.05, 0.1) is 6.54 Å². The Hall–Kier alpha value is -2.38. The fourth-order valence-corrected chi connectivity index (χ4v) is 2.34. The monoisotopic (exact) mass is 421 g/mol. The van der Waals surface area contributed by atoms with Gasteiger partial charge in [0.1, 0.15) is 5.75 Å². The third kappa shape index (κ3) is 5.04. The van der Waals surface area contributed by atoms with Gasteiger partial charge in [-0.25, -0.2) is 0 Å². The van der Waals surface area contributed by atoms with Gasteiger partial charge in [0.15, 0.2) is 6.61 Å². The zero-order chi connectivity index (χ0) is 17.6. The number of hydrogen-bond donors (Lipinski definition) is 1. The van der Waals surface area contributed by atoms with Crippen LogP contribution in [0.1, 0.15) is 5.89 Å². The summed E-state index contributed by atoms with van der Waals surface area (Å²) in [6.07, 6.45) is 0. The number of ether oxygens (including phenoxy) is 1. The highest BCUT2D eigenvalue weighted by atomic mass is 79.9. The lowest BCUT2D eigenvalue weighted by Crippen LogP contribution is -2.28. The molecule has 0 saturated carbocycles. The Morgan fingerprint density at radius 3 is 2.60 bits per heavy atom. The number of halogens is 2. The van der Waals surface area contributed by atoms with E-state index >= 15 is 0 Å². The number of hydrogen-bond acceptors (Lipinski definition) is 5. The largest absolute Gasteiger partial charge is 0.484 e. The van der Waals surface area contributed by atoms with E-state index in [-0.39, 0.29) is 19.1 Å². The standard InChI is InChI=1S/C17H13BrClN3O3/c18-12-3-7-14(8-4-12)24-10-15(23)20-9-16-21-17(22-25-16)11-1-5-13(19)6-2-11/h1-8H,9-10H2,(H,20,23). The number of aromatic nitrogens is 2. The minimum atomic E-state index is -0.283. The first kappa shape index (κ1) is 17.4. The van der Waals surface area contributed by atoms with E-state index in [4.69, 9.17) is 20.9 Å². The third-order valence-corrected chi connectivity index (χ3v) is 3.97. The normalized spacial score (nSPS) is 10.5.